The zero-order valence-electron chi connectivity index (χ0n) is 7.16. The lowest BCUT2D eigenvalue weighted by Crippen LogP contribution is -2.19. The standard InChI is InChI=1S/C8H14N2OS/c1-2-7(3-5-11)10-8-9-4-6-12-8/h4,6-7,11H,2-3,5H2,1H3,(H,9,10). The van der Waals surface area contributed by atoms with Crippen molar-refractivity contribution in [3.8, 4) is 0 Å². The summed E-state index contributed by atoms with van der Waals surface area (Å²) in [4.78, 5) is 4.11. The molecule has 4 heteroatoms. The average molecular weight is 186 g/mol. The van der Waals surface area contributed by atoms with Crippen LogP contribution in [0.3, 0.4) is 0 Å². The molecule has 0 spiro atoms. The van der Waals surface area contributed by atoms with Gasteiger partial charge in [0.05, 0.1) is 0 Å². The molecule has 0 aliphatic heterocycles. The number of anilines is 1. The van der Waals surface area contributed by atoms with Crippen LogP contribution in [0.2, 0.25) is 0 Å². The maximum absolute atomic E-state index is 8.74. The minimum absolute atomic E-state index is 0.233. The van der Waals surface area contributed by atoms with Crippen LogP contribution in [0.4, 0.5) is 5.13 Å². The number of aromatic nitrogens is 1. The summed E-state index contributed by atoms with van der Waals surface area (Å²) in [5, 5.41) is 14.9. The van der Waals surface area contributed by atoms with Gasteiger partial charge in [-0.3, -0.25) is 0 Å². The highest BCUT2D eigenvalue weighted by atomic mass is 32.1. The fourth-order valence-corrected chi connectivity index (χ4v) is 1.61. The number of nitrogens with zero attached hydrogens (tertiary/aromatic N) is 1. The summed E-state index contributed by atoms with van der Waals surface area (Å²) in [6.07, 6.45) is 3.58. The van der Waals surface area contributed by atoms with E-state index in [9.17, 15) is 0 Å². The molecule has 0 bridgehead atoms. The maximum atomic E-state index is 8.74. The molecule has 0 saturated heterocycles. The van der Waals surface area contributed by atoms with Crippen LogP contribution >= 0.6 is 11.3 Å². The number of hydrogen-bond acceptors (Lipinski definition) is 4. The van der Waals surface area contributed by atoms with Crippen molar-refractivity contribution in [2.24, 2.45) is 0 Å². The third-order valence-corrected chi connectivity index (χ3v) is 2.43. The first-order valence-electron chi connectivity index (χ1n) is 4.13. The van der Waals surface area contributed by atoms with Crippen molar-refractivity contribution in [2.45, 2.75) is 25.8 Å². The number of rotatable bonds is 5. The Labute approximate surface area is 76.5 Å². The van der Waals surface area contributed by atoms with Gasteiger partial charge in [0.25, 0.3) is 0 Å². The molecule has 1 atom stereocenters. The van der Waals surface area contributed by atoms with Gasteiger partial charge in [-0.2, -0.15) is 0 Å². The van der Waals surface area contributed by atoms with E-state index in [1.54, 1.807) is 17.5 Å². The summed E-state index contributed by atoms with van der Waals surface area (Å²) >= 11 is 1.59. The SMILES string of the molecule is CCC(CCO)Nc1nccs1. The predicted octanol–water partition coefficient (Wildman–Crippen LogP) is 1.72. The van der Waals surface area contributed by atoms with Gasteiger partial charge in [-0.1, -0.05) is 6.92 Å². The monoisotopic (exact) mass is 186 g/mol. The topological polar surface area (TPSA) is 45.1 Å². The molecular weight excluding hydrogens is 172 g/mol. The number of nitrogens with one attached hydrogen (secondary N) is 1. The maximum Gasteiger partial charge on any atom is 0.182 e. The highest BCUT2D eigenvalue weighted by molar-refractivity contribution is 7.13. The minimum Gasteiger partial charge on any atom is -0.396 e. The smallest absolute Gasteiger partial charge is 0.182 e. The molecule has 1 unspecified atom stereocenters. The van der Waals surface area contributed by atoms with Gasteiger partial charge in [0.15, 0.2) is 5.13 Å². The van der Waals surface area contributed by atoms with Gasteiger partial charge in [0.2, 0.25) is 0 Å². The molecule has 0 fully saturated rings. The quantitative estimate of drug-likeness (QED) is 0.736. The first-order valence-corrected chi connectivity index (χ1v) is 5.01. The lowest BCUT2D eigenvalue weighted by Gasteiger charge is -2.13. The van der Waals surface area contributed by atoms with E-state index in [0.717, 1.165) is 18.0 Å². The van der Waals surface area contributed by atoms with Crippen molar-refractivity contribution in [1.82, 2.24) is 4.98 Å². The highest BCUT2D eigenvalue weighted by Gasteiger charge is 2.05. The van der Waals surface area contributed by atoms with Gasteiger partial charge in [0.1, 0.15) is 0 Å². The van der Waals surface area contributed by atoms with Crippen LogP contribution in [0, 0.1) is 0 Å². The van der Waals surface area contributed by atoms with Crippen LogP contribution in [0.5, 0.6) is 0 Å². The molecule has 0 aliphatic carbocycles. The zero-order chi connectivity index (χ0) is 8.81. The van der Waals surface area contributed by atoms with E-state index in [2.05, 4.69) is 17.2 Å². The van der Waals surface area contributed by atoms with E-state index in [-0.39, 0.29) is 6.61 Å². The number of aliphatic hydroxyl groups excluding tert-OH is 1. The van der Waals surface area contributed by atoms with Gasteiger partial charge < -0.3 is 10.4 Å². The molecule has 0 saturated carbocycles. The van der Waals surface area contributed by atoms with Crippen molar-refractivity contribution >= 4 is 16.5 Å². The Hall–Kier alpha value is -0.610. The van der Waals surface area contributed by atoms with Gasteiger partial charge in [-0.15, -0.1) is 11.3 Å². The van der Waals surface area contributed by atoms with Crippen molar-refractivity contribution in [2.75, 3.05) is 11.9 Å². The van der Waals surface area contributed by atoms with Gasteiger partial charge in [0, 0.05) is 24.2 Å². The molecule has 12 heavy (non-hydrogen) atoms. The molecule has 3 nitrogen and oxygen atoms in total. The van der Waals surface area contributed by atoms with E-state index in [4.69, 9.17) is 5.11 Å². The van der Waals surface area contributed by atoms with Crippen LogP contribution in [0.1, 0.15) is 19.8 Å². The van der Waals surface area contributed by atoms with Crippen LogP contribution in [0.15, 0.2) is 11.6 Å². The average Bonchev–Trinajstić information content (AvgIpc) is 2.56. The second-order valence-electron chi connectivity index (χ2n) is 2.60. The predicted molar refractivity (Wildman–Crippen MR) is 51.5 cm³/mol. The Bertz CT molecular complexity index is 201. The van der Waals surface area contributed by atoms with E-state index in [1.165, 1.54) is 0 Å². The normalized spacial score (nSPS) is 12.8. The molecule has 0 aliphatic rings. The summed E-state index contributed by atoms with van der Waals surface area (Å²) < 4.78 is 0. The summed E-state index contributed by atoms with van der Waals surface area (Å²) in [5.41, 5.74) is 0. The summed E-state index contributed by atoms with van der Waals surface area (Å²) in [5.74, 6) is 0. The number of aliphatic hydroxyl groups is 1. The van der Waals surface area contributed by atoms with Crippen molar-refractivity contribution in [3.05, 3.63) is 11.6 Å². The second kappa shape index (κ2) is 5.11. The Morgan fingerprint density at radius 1 is 1.75 bits per heavy atom. The lowest BCUT2D eigenvalue weighted by atomic mass is 10.2. The van der Waals surface area contributed by atoms with Crippen LogP contribution in [-0.4, -0.2) is 22.7 Å². The molecule has 2 N–H and O–H groups in total. The molecule has 1 rings (SSSR count). The third-order valence-electron chi connectivity index (χ3n) is 1.73. The highest BCUT2D eigenvalue weighted by Crippen LogP contribution is 2.13. The summed E-state index contributed by atoms with van der Waals surface area (Å²) in [7, 11) is 0. The fourth-order valence-electron chi connectivity index (χ4n) is 1.00. The van der Waals surface area contributed by atoms with E-state index >= 15 is 0 Å². The Balaban J connectivity index is 2.37. The third kappa shape index (κ3) is 2.79. The Kier molecular flexibility index (Phi) is 4.04. The molecule has 0 aromatic carbocycles. The largest absolute Gasteiger partial charge is 0.396 e. The van der Waals surface area contributed by atoms with Crippen LogP contribution in [0.25, 0.3) is 0 Å². The van der Waals surface area contributed by atoms with Gasteiger partial charge >= 0.3 is 0 Å². The molecule has 0 amide bonds. The van der Waals surface area contributed by atoms with Crippen molar-refractivity contribution < 1.29 is 5.11 Å². The fraction of sp³-hybridized carbons (Fsp3) is 0.625. The van der Waals surface area contributed by atoms with E-state index in [0.29, 0.717) is 6.04 Å². The molecule has 0 radical (unpaired) electrons. The number of hydrogen-bond donors (Lipinski definition) is 2. The van der Waals surface area contributed by atoms with Crippen LogP contribution < -0.4 is 5.32 Å². The van der Waals surface area contributed by atoms with Gasteiger partial charge in [-0.05, 0) is 12.8 Å². The molecular formula is C8H14N2OS. The second-order valence-corrected chi connectivity index (χ2v) is 3.49. The Morgan fingerprint density at radius 3 is 3.08 bits per heavy atom. The minimum atomic E-state index is 0.233. The first kappa shape index (κ1) is 9.48. The van der Waals surface area contributed by atoms with Crippen molar-refractivity contribution in [3.63, 3.8) is 0 Å². The first-order chi connectivity index (χ1) is 5.86. The Morgan fingerprint density at radius 2 is 2.58 bits per heavy atom. The van der Waals surface area contributed by atoms with Crippen LogP contribution in [-0.2, 0) is 0 Å². The zero-order valence-corrected chi connectivity index (χ0v) is 7.97. The lowest BCUT2D eigenvalue weighted by molar-refractivity contribution is 0.278. The summed E-state index contributed by atoms with van der Waals surface area (Å²) in [6, 6.07) is 0.348. The molecule has 1 heterocycles. The molecule has 1 aromatic rings. The van der Waals surface area contributed by atoms with Gasteiger partial charge in [-0.25, -0.2) is 4.98 Å². The number of thiazole rings is 1. The van der Waals surface area contributed by atoms with E-state index in [1.807, 2.05) is 5.38 Å². The van der Waals surface area contributed by atoms with Crippen molar-refractivity contribution in [1.29, 1.82) is 0 Å². The molecule has 68 valence electrons. The van der Waals surface area contributed by atoms with E-state index < -0.39 is 0 Å². The molecule has 1 aromatic heterocycles. The summed E-state index contributed by atoms with van der Waals surface area (Å²) in [6.45, 7) is 2.33.